The minimum atomic E-state index is -0.204. The molecule has 13 heavy (non-hydrogen) atoms. The van der Waals surface area contributed by atoms with E-state index in [2.05, 4.69) is 20.9 Å². The quantitative estimate of drug-likeness (QED) is 0.709. The molecule has 68 valence electrons. The first kappa shape index (κ1) is 9.09. The van der Waals surface area contributed by atoms with Gasteiger partial charge in [-0.25, -0.2) is 9.37 Å². The maximum Gasteiger partial charge on any atom is 0.124 e. The van der Waals surface area contributed by atoms with Crippen LogP contribution in [0.4, 0.5) is 4.39 Å². The van der Waals surface area contributed by atoms with Gasteiger partial charge in [-0.1, -0.05) is 15.9 Å². The third-order valence-electron chi connectivity index (χ3n) is 1.71. The van der Waals surface area contributed by atoms with E-state index < -0.39 is 0 Å². The number of hydrogen-bond acceptors (Lipinski definition) is 2. The Labute approximate surface area is 87.7 Å². The molecule has 1 aromatic heterocycles. The molecule has 0 spiro atoms. The fraction of sp³-hybridized carbons (Fsp3) is 0.222. The van der Waals surface area contributed by atoms with Crippen LogP contribution in [0, 0.1) is 5.82 Å². The predicted octanol–water partition coefficient (Wildman–Crippen LogP) is 3.89. The molecular weight excluding hydrogens is 253 g/mol. The van der Waals surface area contributed by atoms with Gasteiger partial charge in [-0.3, -0.25) is 0 Å². The van der Waals surface area contributed by atoms with Crippen LogP contribution >= 0.6 is 27.3 Å². The molecule has 0 aliphatic carbocycles. The van der Waals surface area contributed by atoms with E-state index in [0.29, 0.717) is 0 Å². The van der Waals surface area contributed by atoms with E-state index in [1.54, 1.807) is 6.07 Å². The Morgan fingerprint density at radius 3 is 3.00 bits per heavy atom. The molecule has 2 aromatic rings. The Morgan fingerprint density at radius 2 is 2.31 bits per heavy atom. The van der Waals surface area contributed by atoms with Crippen LogP contribution in [0.1, 0.15) is 16.8 Å². The molecule has 0 aliphatic heterocycles. The van der Waals surface area contributed by atoms with Crippen LogP contribution < -0.4 is 0 Å². The summed E-state index contributed by atoms with van der Waals surface area (Å²) >= 11 is 4.95. The Morgan fingerprint density at radius 1 is 1.54 bits per heavy atom. The van der Waals surface area contributed by atoms with Crippen molar-refractivity contribution in [1.29, 1.82) is 0 Å². The first-order chi connectivity index (χ1) is 6.16. The summed E-state index contributed by atoms with van der Waals surface area (Å²) in [6.07, 6.45) is 0. The van der Waals surface area contributed by atoms with Gasteiger partial charge in [0.25, 0.3) is 0 Å². The van der Waals surface area contributed by atoms with E-state index in [4.69, 9.17) is 0 Å². The van der Waals surface area contributed by atoms with Gasteiger partial charge in [0.15, 0.2) is 0 Å². The first-order valence-electron chi connectivity index (χ1n) is 3.87. The Balaban J connectivity index is 2.62. The van der Waals surface area contributed by atoms with E-state index in [-0.39, 0.29) is 10.6 Å². The number of thiazole rings is 1. The van der Waals surface area contributed by atoms with Crippen molar-refractivity contribution >= 4 is 37.5 Å². The van der Waals surface area contributed by atoms with Crippen molar-refractivity contribution in [3.05, 3.63) is 29.0 Å². The maximum absolute atomic E-state index is 12.8. The molecule has 0 amide bonds. The number of alkyl halides is 1. The average molecular weight is 260 g/mol. The standard InChI is InChI=1S/C9H7BrFNS/c1-5(10)9-12-7-3-2-6(11)4-8(7)13-9/h2-5H,1H3. The molecule has 1 unspecified atom stereocenters. The van der Waals surface area contributed by atoms with Gasteiger partial charge in [0, 0.05) is 0 Å². The van der Waals surface area contributed by atoms with Crippen LogP contribution in [0.2, 0.25) is 0 Å². The predicted molar refractivity (Wildman–Crippen MR) is 56.9 cm³/mol. The highest BCUT2D eigenvalue weighted by Gasteiger charge is 2.08. The highest BCUT2D eigenvalue weighted by Crippen LogP contribution is 2.30. The van der Waals surface area contributed by atoms with Crippen molar-refractivity contribution in [3.63, 3.8) is 0 Å². The number of halogens is 2. The van der Waals surface area contributed by atoms with E-state index in [0.717, 1.165) is 15.2 Å². The van der Waals surface area contributed by atoms with Gasteiger partial charge in [0.2, 0.25) is 0 Å². The normalized spacial score (nSPS) is 13.5. The number of rotatable bonds is 1. The van der Waals surface area contributed by atoms with Gasteiger partial charge < -0.3 is 0 Å². The zero-order valence-corrected chi connectivity index (χ0v) is 9.32. The van der Waals surface area contributed by atoms with Crippen molar-refractivity contribution < 1.29 is 4.39 Å². The summed E-state index contributed by atoms with van der Waals surface area (Å²) in [4.78, 5) is 4.59. The average Bonchev–Trinajstić information content (AvgIpc) is 2.46. The maximum atomic E-state index is 12.8. The molecule has 0 N–H and O–H groups in total. The van der Waals surface area contributed by atoms with Crippen molar-refractivity contribution in [2.75, 3.05) is 0 Å². The van der Waals surface area contributed by atoms with Crippen LogP contribution in [0.15, 0.2) is 18.2 Å². The number of nitrogens with zero attached hydrogens (tertiary/aromatic N) is 1. The molecule has 1 heterocycles. The van der Waals surface area contributed by atoms with E-state index in [9.17, 15) is 4.39 Å². The second-order valence-electron chi connectivity index (χ2n) is 2.78. The van der Waals surface area contributed by atoms with Gasteiger partial charge in [0.05, 0.1) is 15.0 Å². The summed E-state index contributed by atoms with van der Waals surface area (Å²) in [5, 5.41) is 0.987. The summed E-state index contributed by atoms with van der Waals surface area (Å²) < 4.78 is 13.7. The molecule has 4 heteroatoms. The molecule has 0 bridgehead atoms. The highest BCUT2D eigenvalue weighted by atomic mass is 79.9. The lowest BCUT2D eigenvalue weighted by Crippen LogP contribution is -1.78. The lowest BCUT2D eigenvalue weighted by atomic mass is 10.3. The molecule has 1 atom stereocenters. The molecular formula is C9H7BrFNS. The number of fused-ring (bicyclic) bond motifs is 1. The molecule has 0 saturated carbocycles. The van der Waals surface area contributed by atoms with Crippen molar-refractivity contribution in [1.82, 2.24) is 4.98 Å². The van der Waals surface area contributed by atoms with Crippen LogP contribution in [0.3, 0.4) is 0 Å². The minimum absolute atomic E-state index is 0.204. The van der Waals surface area contributed by atoms with Gasteiger partial charge in [-0.05, 0) is 25.1 Å². The number of benzene rings is 1. The highest BCUT2D eigenvalue weighted by molar-refractivity contribution is 9.09. The molecule has 0 aliphatic rings. The largest absolute Gasteiger partial charge is 0.240 e. The molecule has 0 saturated heterocycles. The smallest absolute Gasteiger partial charge is 0.124 e. The SMILES string of the molecule is CC(Br)c1nc2ccc(F)cc2s1. The molecule has 0 fully saturated rings. The Bertz CT molecular complexity index is 438. The van der Waals surface area contributed by atoms with Gasteiger partial charge in [-0.15, -0.1) is 11.3 Å². The lowest BCUT2D eigenvalue weighted by molar-refractivity contribution is 0.630. The van der Waals surface area contributed by atoms with Crippen molar-refractivity contribution in [2.24, 2.45) is 0 Å². The third-order valence-corrected chi connectivity index (χ3v) is 3.64. The van der Waals surface area contributed by atoms with Gasteiger partial charge in [0.1, 0.15) is 10.8 Å². The van der Waals surface area contributed by atoms with Crippen LogP contribution in [0.25, 0.3) is 10.2 Å². The van der Waals surface area contributed by atoms with Crippen LogP contribution in [-0.2, 0) is 0 Å². The molecule has 2 rings (SSSR count). The monoisotopic (exact) mass is 259 g/mol. The topological polar surface area (TPSA) is 12.9 Å². The fourth-order valence-electron chi connectivity index (χ4n) is 1.09. The van der Waals surface area contributed by atoms with E-state index in [1.807, 2.05) is 6.92 Å². The summed E-state index contributed by atoms with van der Waals surface area (Å²) in [6.45, 7) is 2.01. The zero-order chi connectivity index (χ0) is 9.42. The lowest BCUT2D eigenvalue weighted by Gasteiger charge is -1.92. The number of aromatic nitrogens is 1. The second kappa shape index (κ2) is 3.35. The molecule has 1 aromatic carbocycles. The summed E-state index contributed by atoms with van der Waals surface area (Å²) in [7, 11) is 0. The second-order valence-corrected chi connectivity index (χ2v) is 5.22. The molecule has 0 radical (unpaired) electrons. The fourth-order valence-corrected chi connectivity index (χ4v) is 2.39. The van der Waals surface area contributed by atoms with Crippen molar-refractivity contribution in [2.45, 2.75) is 11.8 Å². The third kappa shape index (κ3) is 1.74. The summed E-state index contributed by atoms with van der Waals surface area (Å²) in [6, 6.07) is 4.66. The number of hydrogen-bond donors (Lipinski definition) is 0. The van der Waals surface area contributed by atoms with E-state index >= 15 is 0 Å². The molecule has 1 nitrogen and oxygen atoms in total. The van der Waals surface area contributed by atoms with E-state index in [1.165, 1.54) is 23.5 Å². The summed E-state index contributed by atoms with van der Waals surface area (Å²) in [5.41, 5.74) is 0.868. The van der Waals surface area contributed by atoms with Gasteiger partial charge in [-0.2, -0.15) is 0 Å². The summed E-state index contributed by atoms with van der Waals surface area (Å²) in [5.74, 6) is -0.204. The van der Waals surface area contributed by atoms with Crippen LogP contribution in [-0.4, -0.2) is 4.98 Å². The van der Waals surface area contributed by atoms with Gasteiger partial charge >= 0.3 is 0 Å². The van der Waals surface area contributed by atoms with Crippen LogP contribution in [0.5, 0.6) is 0 Å². The Kier molecular flexibility index (Phi) is 2.34. The zero-order valence-electron chi connectivity index (χ0n) is 6.92. The Hall–Kier alpha value is -0.480. The minimum Gasteiger partial charge on any atom is -0.240 e. The van der Waals surface area contributed by atoms with Crippen molar-refractivity contribution in [3.8, 4) is 0 Å². The first-order valence-corrected chi connectivity index (χ1v) is 5.60.